The van der Waals surface area contributed by atoms with Gasteiger partial charge in [0, 0.05) is 39.6 Å². The van der Waals surface area contributed by atoms with Gasteiger partial charge in [-0.1, -0.05) is 34.8 Å². The van der Waals surface area contributed by atoms with Gasteiger partial charge < -0.3 is 5.32 Å². The van der Waals surface area contributed by atoms with Crippen LogP contribution in [0.15, 0.2) is 36.4 Å². The fourth-order valence-corrected chi connectivity index (χ4v) is 6.20. The molecule has 1 N–H and O–H groups in total. The number of Topliss-reactive ketones (excluding diaryl/α,β-unsaturated/α-hetero) is 1. The van der Waals surface area contributed by atoms with Crippen molar-refractivity contribution in [3.05, 3.63) is 62.6 Å². The van der Waals surface area contributed by atoms with Gasteiger partial charge in [-0.15, -0.1) is 23.2 Å². The maximum Gasteiger partial charge on any atom is 0.231 e. The predicted molar refractivity (Wildman–Crippen MR) is 133 cm³/mol. The Labute approximate surface area is 217 Å². The van der Waals surface area contributed by atoms with E-state index in [0.717, 1.165) is 19.3 Å². The fourth-order valence-electron chi connectivity index (χ4n) is 4.61. The third-order valence-electron chi connectivity index (χ3n) is 6.31. The van der Waals surface area contributed by atoms with Crippen LogP contribution in [0.3, 0.4) is 0 Å². The Morgan fingerprint density at radius 1 is 1.06 bits per heavy atom. The Hall–Kier alpha value is -1.48. The van der Waals surface area contributed by atoms with Crippen molar-refractivity contribution in [2.24, 2.45) is 17.8 Å². The summed E-state index contributed by atoms with van der Waals surface area (Å²) in [7, 11) is 0. The first-order valence-electron chi connectivity index (χ1n) is 10.5. The van der Waals surface area contributed by atoms with Crippen LogP contribution in [0.2, 0.25) is 15.1 Å². The first-order valence-corrected chi connectivity index (χ1v) is 12.4. The van der Waals surface area contributed by atoms with Crippen LogP contribution < -0.4 is 5.32 Å². The van der Waals surface area contributed by atoms with Gasteiger partial charge in [0.05, 0.1) is 17.0 Å². The first-order chi connectivity index (χ1) is 15.6. The molecule has 0 radical (unpaired) electrons. The molecule has 2 aromatic rings. The molecular formula is C24H19Cl5N2O2. The second-order valence-corrected chi connectivity index (χ2v) is 11.4. The van der Waals surface area contributed by atoms with E-state index in [0.29, 0.717) is 38.3 Å². The summed E-state index contributed by atoms with van der Waals surface area (Å²) in [6.45, 7) is 0. The van der Waals surface area contributed by atoms with Crippen LogP contribution in [-0.2, 0) is 4.79 Å². The molecule has 0 aliphatic heterocycles. The van der Waals surface area contributed by atoms with E-state index >= 15 is 0 Å². The molecule has 4 nitrogen and oxygen atoms in total. The number of anilines is 1. The lowest BCUT2D eigenvalue weighted by molar-refractivity contribution is -0.117. The van der Waals surface area contributed by atoms with Crippen molar-refractivity contribution < 1.29 is 9.59 Å². The number of hydrogen-bond acceptors (Lipinski definition) is 3. The molecule has 172 valence electrons. The van der Waals surface area contributed by atoms with E-state index in [1.807, 2.05) is 0 Å². The van der Waals surface area contributed by atoms with Gasteiger partial charge in [0.1, 0.15) is 4.33 Å². The van der Waals surface area contributed by atoms with Crippen LogP contribution in [0.1, 0.15) is 47.5 Å². The number of rotatable bonds is 6. The SMILES string of the molecule is N#CC1CCC(CC(=O)c2cc(NC(=O)C3C(c4cc(Cl)cc(Cl)c4)C3(Cl)Cl)ccc2Cl)C1. The lowest BCUT2D eigenvalue weighted by Gasteiger charge is -2.11. The van der Waals surface area contributed by atoms with E-state index in [1.165, 1.54) is 0 Å². The molecule has 2 aliphatic carbocycles. The molecule has 0 spiro atoms. The highest BCUT2D eigenvalue weighted by Gasteiger charge is 2.67. The minimum Gasteiger partial charge on any atom is -0.326 e. The summed E-state index contributed by atoms with van der Waals surface area (Å²) in [5, 5.41) is 13.0. The fraction of sp³-hybridized carbons (Fsp3) is 0.375. The number of nitrogens with zero attached hydrogens (tertiary/aromatic N) is 1. The number of ketones is 1. The zero-order valence-corrected chi connectivity index (χ0v) is 21.0. The minimum atomic E-state index is -1.30. The number of alkyl halides is 2. The third-order valence-corrected chi connectivity index (χ3v) is 8.02. The summed E-state index contributed by atoms with van der Waals surface area (Å²) in [6, 6.07) is 12.0. The lowest BCUT2D eigenvalue weighted by atomic mass is 9.96. The molecule has 2 aliphatic rings. The first kappa shape index (κ1) is 24.6. The van der Waals surface area contributed by atoms with Crippen molar-refractivity contribution >= 4 is 75.4 Å². The second-order valence-electron chi connectivity index (χ2n) is 8.65. The molecule has 2 aromatic carbocycles. The van der Waals surface area contributed by atoms with Crippen LogP contribution in [0.5, 0.6) is 0 Å². The molecule has 4 rings (SSSR count). The monoisotopic (exact) mass is 542 g/mol. The zero-order valence-electron chi connectivity index (χ0n) is 17.3. The van der Waals surface area contributed by atoms with E-state index < -0.39 is 16.2 Å². The quantitative estimate of drug-likeness (QED) is 0.299. The summed E-state index contributed by atoms with van der Waals surface area (Å²) in [4.78, 5) is 25.8. The van der Waals surface area contributed by atoms with E-state index in [4.69, 9.17) is 63.3 Å². The molecule has 4 atom stereocenters. The Morgan fingerprint density at radius 3 is 2.39 bits per heavy atom. The highest BCUT2D eigenvalue weighted by Crippen LogP contribution is 2.65. The minimum absolute atomic E-state index is 0.0103. The van der Waals surface area contributed by atoms with Crippen molar-refractivity contribution in [3.63, 3.8) is 0 Å². The molecule has 0 bridgehead atoms. The van der Waals surface area contributed by atoms with Crippen LogP contribution in [-0.4, -0.2) is 16.0 Å². The maximum absolute atomic E-state index is 13.0. The topological polar surface area (TPSA) is 70.0 Å². The summed E-state index contributed by atoms with van der Waals surface area (Å²) in [6.07, 6.45) is 2.71. The van der Waals surface area contributed by atoms with Gasteiger partial charge in [-0.05, 0) is 67.1 Å². The van der Waals surface area contributed by atoms with Crippen LogP contribution in [0, 0.1) is 29.1 Å². The van der Waals surface area contributed by atoms with Crippen LogP contribution >= 0.6 is 58.0 Å². The van der Waals surface area contributed by atoms with Gasteiger partial charge in [0.25, 0.3) is 0 Å². The Morgan fingerprint density at radius 2 is 1.76 bits per heavy atom. The van der Waals surface area contributed by atoms with Gasteiger partial charge in [-0.3, -0.25) is 9.59 Å². The zero-order chi connectivity index (χ0) is 23.9. The second kappa shape index (κ2) is 9.64. The van der Waals surface area contributed by atoms with Gasteiger partial charge >= 0.3 is 0 Å². The summed E-state index contributed by atoms with van der Waals surface area (Å²) < 4.78 is -1.30. The molecule has 9 heteroatoms. The molecule has 1 amide bonds. The average molecular weight is 545 g/mol. The largest absolute Gasteiger partial charge is 0.326 e. The molecule has 33 heavy (non-hydrogen) atoms. The molecule has 0 heterocycles. The number of halogens is 5. The average Bonchev–Trinajstić information content (AvgIpc) is 3.07. The molecule has 4 unspecified atom stereocenters. The Balaban J connectivity index is 1.46. The van der Waals surface area contributed by atoms with Crippen molar-refractivity contribution in [2.75, 3.05) is 5.32 Å². The van der Waals surface area contributed by atoms with Crippen LogP contribution in [0.4, 0.5) is 5.69 Å². The van der Waals surface area contributed by atoms with Gasteiger partial charge in [-0.25, -0.2) is 0 Å². The smallest absolute Gasteiger partial charge is 0.231 e. The number of carbonyl (C=O) groups excluding carboxylic acids is 2. The van der Waals surface area contributed by atoms with Crippen LogP contribution in [0.25, 0.3) is 0 Å². The molecule has 0 saturated heterocycles. The summed E-state index contributed by atoms with van der Waals surface area (Å²) in [5.41, 5.74) is 1.44. The normalized spacial score (nSPS) is 25.3. The molecule has 0 aromatic heterocycles. The lowest BCUT2D eigenvalue weighted by Crippen LogP contribution is -2.17. The summed E-state index contributed by atoms with van der Waals surface area (Å²) in [5.74, 6) is -1.50. The Kier molecular flexibility index (Phi) is 7.20. The number of nitrogens with one attached hydrogen (secondary N) is 1. The molecular weight excluding hydrogens is 526 g/mol. The number of amides is 1. The van der Waals surface area contributed by atoms with Crippen molar-refractivity contribution in [1.29, 1.82) is 5.26 Å². The predicted octanol–water partition coefficient (Wildman–Crippen LogP) is 7.69. The van der Waals surface area contributed by atoms with E-state index in [1.54, 1.807) is 36.4 Å². The molecule has 2 fully saturated rings. The highest BCUT2D eigenvalue weighted by atomic mass is 35.5. The highest BCUT2D eigenvalue weighted by molar-refractivity contribution is 6.53. The Bertz CT molecular complexity index is 1140. The van der Waals surface area contributed by atoms with E-state index in [9.17, 15) is 9.59 Å². The molecule has 2 saturated carbocycles. The standard InChI is InChI=1S/C24H19Cl5N2O2/c25-15-7-14(8-16(26)9-15)21-22(24(21,28)29)23(33)31-17-3-4-19(27)18(10-17)20(32)6-12-1-2-13(5-12)11-30/h3-4,7-10,12-13,21-22H,1-2,5-6H2,(H,31,33). The van der Waals surface area contributed by atoms with E-state index in [-0.39, 0.29) is 23.5 Å². The van der Waals surface area contributed by atoms with Gasteiger partial charge in [-0.2, -0.15) is 5.26 Å². The number of benzene rings is 2. The van der Waals surface area contributed by atoms with Gasteiger partial charge in [0.15, 0.2) is 5.78 Å². The van der Waals surface area contributed by atoms with E-state index in [2.05, 4.69) is 11.4 Å². The van der Waals surface area contributed by atoms with Crippen molar-refractivity contribution in [2.45, 2.75) is 35.9 Å². The van der Waals surface area contributed by atoms with Gasteiger partial charge in [0.2, 0.25) is 5.91 Å². The number of hydrogen-bond donors (Lipinski definition) is 1. The summed E-state index contributed by atoms with van der Waals surface area (Å²) >= 11 is 31.3. The maximum atomic E-state index is 13.0. The number of nitriles is 1. The third kappa shape index (κ3) is 5.29. The number of carbonyl (C=O) groups is 2. The van der Waals surface area contributed by atoms with Crippen molar-refractivity contribution in [3.8, 4) is 6.07 Å². The van der Waals surface area contributed by atoms with Crippen molar-refractivity contribution in [1.82, 2.24) is 0 Å².